The van der Waals surface area contributed by atoms with E-state index in [1.165, 1.54) is 5.56 Å². The normalized spacial score (nSPS) is 25.7. The van der Waals surface area contributed by atoms with Gasteiger partial charge >= 0.3 is 6.01 Å². The highest BCUT2D eigenvalue weighted by Gasteiger charge is 2.42. The highest BCUT2D eigenvalue weighted by molar-refractivity contribution is 5.27. The summed E-state index contributed by atoms with van der Waals surface area (Å²) in [6.45, 7) is 3.31. The van der Waals surface area contributed by atoms with E-state index in [-0.39, 0.29) is 6.10 Å². The third kappa shape index (κ3) is 3.81. The second-order valence-electron chi connectivity index (χ2n) is 6.90. The molecule has 2 aromatic rings. The van der Waals surface area contributed by atoms with Crippen LogP contribution in [0.25, 0.3) is 0 Å². The highest BCUT2D eigenvalue weighted by atomic mass is 16.5. The number of hydrogen-bond acceptors (Lipinski definition) is 6. The fraction of sp³-hybridized carbons (Fsp3) is 0.500. The van der Waals surface area contributed by atoms with Gasteiger partial charge in [0.25, 0.3) is 0 Å². The van der Waals surface area contributed by atoms with Crippen molar-refractivity contribution >= 4 is 0 Å². The van der Waals surface area contributed by atoms with Gasteiger partial charge in [-0.15, -0.1) is 0 Å². The standard InChI is InChI=1S/C20H25N3O3/c1-24-17-6-3-15(4-7-17)13-23-11-12-25-19-16(5-8-18(19)23)14-26-20-21-9-2-10-22-20/h2-4,6-7,9-10,16,18-19H,5,8,11-14H2,1H3/t16-,18-,19+/m0/s1. The molecule has 1 saturated carbocycles. The van der Waals surface area contributed by atoms with Crippen molar-refractivity contribution in [1.29, 1.82) is 0 Å². The van der Waals surface area contributed by atoms with Gasteiger partial charge in [0.1, 0.15) is 5.75 Å². The molecule has 6 nitrogen and oxygen atoms in total. The van der Waals surface area contributed by atoms with Gasteiger partial charge in [-0.3, -0.25) is 4.90 Å². The maximum Gasteiger partial charge on any atom is 0.316 e. The van der Waals surface area contributed by atoms with Gasteiger partial charge in [0.2, 0.25) is 0 Å². The third-order valence-electron chi connectivity index (χ3n) is 5.35. The number of ether oxygens (including phenoxy) is 3. The molecule has 0 bridgehead atoms. The van der Waals surface area contributed by atoms with Crippen LogP contribution < -0.4 is 9.47 Å². The topological polar surface area (TPSA) is 56.7 Å². The Morgan fingerprint density at radius 3 is 2.73 bits per heavy atom. The number of morpholine rings is 1. The summed E-state index contributed by atoms with van der Waals surface area (Å²) in [5, 5.41) is 0. The summed E-state index contributed by atoms with van der Waals surface area (Å²) in [5.41, 5.74) is 1.31. The Labute approximate surface area is 154 Å². The number of fused-ring (bicyclic) bond motifs is 1. The Morgan fingerprint density at radius 1 is 1.15 bits per heavy atom. The van der Waals surface area contributed by atoms with Gasteiger partial charge in [0.05, 0.1) is 26.4 Å². The van der Waals surface area contributed by atoms with Crippen LogP contribution in [0, 0.1) is 5.92 Å². The van der Waals surface area contributed by atoms with E-state index in [1.807, 2.05) is 12.1 Å². The number of rotatable bonds is 6. The lowest BCUT2D eigenvalue weighted by Gasteiger charge is -2.39. The van der Waals surface area contributed by atoms with Crippen LogP contribution in [0.2, 0.25) is 0 Å². The lowest BCUT2D eigenvalue weighted by Crippen LogP contribution is -2.50. The first-order chi connectivity index (χ1) is 12.8. The van der Waals surface area contributed by atoms with Crippen molar-refractivity contribution < 1.29 is 14.2 Å². The van der Waals surface area contributed by atoms with Crippen molar-refractivity contribution in [2.24, 2.45) is 5.92 Å². The molecule has 0 spiro atoms. The minimum atomic E-state index is 0.228. The van der Waals surface area contributed by atoms with Crippen LogP contribution in [0.1, 0.15) is 18.4 Å². The summed E-state index contributed by atoms with van der Waals surface area (Å²) in [7, 11) is 1.70. The molecule has 6 heteroatoms. The molecule has 138 valence electrons. The van der Waals surface area contributed by atoms with E-state index in [0.717, 1.165) is 38.3 Å². The fourth-order valence-corrected chi connectivity index (χ4v) is 4.02. The maximum atomic E-state index is 6.12. The van der Waals surface area contributed by atoms with Crippen molar-refractivity contribution in [3.8, 4) is 11.8 Å². The fourth-order valence-electron chi connectivity index (χ4n) is 4.02. The van der Waals surface area contributed by atoms with E-state index in [1.54, 1.807) is 25.6 Å². The van der Waals surface area contributed by atoms with Gasteiger partial charge in [0.15, 0.2) is 0 Å². The van der Waals surface area contributed by atoms with Crippen LogP contribution in [0.3, 0.4) is 0 Å². The first-order valence-corrected chi connectivity index (χ1v) is 9.22. The quantitative estimate of drug-likeness (QED) is 0.794. The summed E-state index contributed by atoms with van der Waals surface area (Å²) in [6.07, 6.45) is 5.89. The Hall–Kier alpha value is -2.18. The molecule has 2 fully saturated rings. The molecule has 1 aromatic heterocycles. The first-order valence-electron chi connectivity index (χ1n) is 9.22. The zero-order chi connectivity index (χ0) is 17.8. The van der Waals surface area contributed by atoms with Gasteiger partial charge < -0.3 is 14.2 Å². The minimum absolute atomic E-state index is 0.228. The number of nitrogens with zero attached hydrogens (tertiary/aromatic N) is 3. The molecule has 1 aromatic carbocycles. The molecule has 1 aliphatic carbocycles. The maximum absolute atomic E-state index is 6.12. The largest absolute Gasteiger partial charge is 0.497 e. The predicted molar refractivity (Wildman–Crippen MR) is 97.2 cm³/mol. The number of benzene rings is 1. The van der Waals surface area contributed by atoms with Gasteiger partial charge in [-0.25, -0.2) is 9.97 Å². The average Bonchev–Trinajstić information content (AvgIpc) is 3.12. The summed E-state index contributed by atoms with van der Waals surface area (Å²) >= 11 is 0. The molecule has 3 atom stereocenters. The van der Waals surface area contributed by atoms with Crippen LogP contribution in [0.5, 0.6) is 11.8 Å². The van der Waals surface area contributed by atoms with E-state index in [4.69, 9.17) is 14.2 Å². The minimum Gasteiger partial charge on any atom is -0.497 e. The number of aromatic nitrogens is 2. The lowest BCUT2D eigenvalue weighted by atomic mass is 10.0. The molecule has 1 aliphatic heterocycles. The molecular weight excluding hydrogens is 330 g/mol. The van der Waals surface area contributed by atoms with E-state index in [2.05, 4.69) is 27.0 Å². The van der Waals surface area contributed by atoms with Crippen molar-refractivity contribution in [2.75, 3.05) is 26.9 Å². The summed E-state index contributed by atoms with van der Waals surface area (Å²) in [6, 6.07) is 11.0. The molecule has 0 N–H and O–H groups in total. The lowest BCUT2D eigenvalue weighted by molar-refractivity contribution is -0.0819. The Morgan fingerprint density at radius 2 is 1.96 bits per heavy atom. The molecule has 1 saturated heterocycles. The Balaban J connectivity index is 1.36. The monoisotopic (exact) mass is 355 g/mol. The molecular formula is C20H25N3O3. The Bertz CT molecular complexity index is 695. The van der Waals surface area contributed by atoms with Gasteiger partial charge in [-0.1, -0.05) is 12.1 Å². The highest BCUT2D eigenvalue weighted by Crippen LogP contribution is 2.35. The number of hydrogen-bond donors (Lipinski definition) is 0. The predicted octanol–water partition coefficient (Wildman–Crippen LogP) is 2.54. The molecule has 0 amide bonds. The van der Waals surface area contributed by atoms with Crippen molar-refractivity contribution in [1.82, 2.24) is 14.9 Å². The van der Waals surface area contributed by atoms with Gasteiger partial charge in [0, 0.05) is 37.4 Å². The molecule has 2 heterocycles. The van der Waals surface area contributed by atoms with Crippen molar-refractivity contribution in [3.05, 3.63) is 48.3 Å². The van der Waals surface area contributed by atoms with Gasteiger partial charge in [-0.05, 0) is 36.6 Å². The summed E-state index contributed by atoms with van der Waals surface area (Å²) < 4.78 is 17.2. The summed E-state index contributed by atoms with van der Waals surface area (Å²) in [5.74, 6) is 1.29. The second kappa shape index (κ2) is 8.01. The smallest absolute Gasteiger partial charge is 0.316 e. The zero-order valence-corrected chi connectivity index (χ0v) is 15.1. The SMILES string of the molecule is COc1ccc(CN2CCO[C@@H]3[C@H](COc4ncccn4)CC[C@@H]32)cc1. The Kier molecular flexibility index (Phi) is 5.32. The van der Waals surface area contributed by atoms with Gasteiger partial charge in [-0.2, -0.15) is 0 Å². The van der Waals surface area contributed by atoms with Crippen LogP contribution >= 0.6 is 0 Å². The molecule has 0 radical (unpaired) electrons. The van der Waals surface area contributed by atoms with E-state index in [9.17, 15) is 0 Å². The summed E-state index contributed by atoms with van der Waals surface area (Å²) in [4.78, 5) is 10.8. The second-order valence-corrected chi connectivity index (χ2v) is 6.90. The van der Waals surface area contributed by atoms with Crippen LogP contribution in [-0.2, 0) is 11.3 Å². The van der Waals surface area contributed by atoms with E-state index in [0.29, 0.717) is 24.6 Å². The van der Waals surface area contributed by atoms with Crippen LogP contribution in [0.15, 0.2) is 42.7 Å². The molecule has 2 aliphatic rings. The molecule has 26 heavy (non-hydrogen) atoms. The van der Waals surface area contributed by atoms with Crippen molar-refractivity contribution in [2.45, 2.75) is 31.5 Å². The van der Waals surface area contributed by atoms with Crippen molar-refractivity contribution in [3.63, 3.8) is 0 Å². The number of methoxy groups -OCH3 is 1. The van der Waals surface area contributed by atoms with E-state index < -0.39 is 0 Å². The zero-order valence-electron chi connectivity index (χ0n) is 15.1. The molecule has 0 unspecified atom stereocenters. The van der Waals surface area contributed by atoms with Crippen LogP contribution in [0.4, 0.5) is 0 Å². The molecule has 4 rings (SSSR count). The average molecular weight is 355 g/mol. The van der Waals surface area contributed by atoms with Crippen LogP contribution in [-0.4, -0.2) is 53.9 Å². The third-order valence-corrected chi connectivity index (χ3v) is 5.35. The first kappa shape index (κ1) is 17.2. The van der Waals surface area contributed by atoms with E-state index >= 15 is 0 Å².